The topological polar surface area (TPSA) is 56.6 Å². The molecule has 2 heterocycles. The fourth-order valence-corrected chi connectivity index (χ4v) is 4.49. The average Bonchev–Trinajstić information content (AvgIpc) is 3.47. The minimum Gasteiger partial charge on any atom is -0.439 e. The fraction of sp³-hybridized carbons (Fsp3) is 0.407. The largest absolute Gasteiger partial charge is 0.439 e. The molecule has 6 heteroatoms. The quantitative estimate of drug-likeness (QED) is 0.484. The van der Waals surface area contributed by atoms with Crippen LogP contribution in [0.4, 0.5) is 0 Å². The third kappa shape index (κ3) is 4.96. The second-order valence-electron chi connectivity index (χ2n) is 9.17. The van der Waals surface area contributed by atoms with Gasteiger partial charge in [0.2, 0.25) is 11.8 Å². The van der Waals surface area contributed by atoms with E-state index in [1.807, 2.05) is 61.3 Å². The second kappa shape index (κ2) is 9.40. The number of amides is 1. The predicted molar refractivity (Wildman–Crippen MR) is 127 cm³/mol. The molecule has 5 rings (SSSR count). The van der Waals surface area contributed by atoms with Crippen molar-refractivity contribution in [1.82, 2.24) is 14.7 Å². The van der Waals surface area contributed by atoms with Crippen molar-refractivity contribution in [1.29, 1.82) is 0 Å². The normalized spacial score (nSPS) is 17.8. The third-order valence-electron chi connectivity index (χ3n) is 6.37. The number of aryl methyl sites for hydroxylation is 2. The summed E-state index contributed by atoms with van der Waals surface area (Å²) in [5.74, 6) is 1.79. The molecule has 2 aliphatic rings. The van der Waals surface area contributed by atoms with Gasteiger partial charge in [0.25, 0.3) is 0 Å². The Labute approximate surface area is 195 Å². The monoisotopic (exact) mass is 445 g/mol. The maximum atomic E-state index is 13.3. The van der Waals surface area contributed by atoms with Crippen LogP contribution in [-0.4, -0.2) is 39.8 Å². The Bertz CT molecular complexity index is 1110. The van der Waals surface area contributed by atoms with Gasteiger partial charge in [-0.2, -0.15) is 5.10 Å². The molecule has 1 amide bonds. The fourth-order valence-electron chi connectivity index (χ4n) is 4.49. The van der Waals surface area contributed by atoms with E-state index in [1.54, 1.807) is 4.68 Å². The number of hydrogen-bond acceptors (Lipinski definition) is 4. The van der Waals surface area contributed by atoms with Crippen LogP contribution >= 0.6 is 0 Å². The summed E-state index contributed by atoms with van der Waals surface area (Å²) in [7, 11) is 1.90. The summed E-state index contributed by atoms with van der Waals surface area (Å²) >= 11 is 0. The Morgan fingerprint density at radius 1 is 1.15 bits per heavy atom. The molecule has 0 N–H and O–H groups in total. The molecule has 2 fully saturated rings. The number of carbonyl (C=O) groups excluding carboxylic acids is 1. The molecule has 172 valence electrons. The molecular formula is C27H31N3O3. The van der Waals surface area contributed by atoms with E-state index in [9.17, 15) is 4.79 Å². The zero-order chi connectivity index (χ0) is 22.8. The van der Waals surface area contributed by atoms with Gasteiger partial charge in [-0.3, -0.25) is 4.79 Å². The number of rotatable bonds is 8. The molecule has 1 saturated heterocycles. The average molecular weight is 446 g/mol. The molecule has 0 bridgehead atoms. The van der Waals surface area contributed by atoms with Crippen LogP contribution < -0.4 is 4.74 Å². The Hall–Kier alpha value is -3.12. The van der Waals surface area contributed by atoms with E-state index in [0.717, 1.165) is 60.4 Å². The van der Waals surface area contributed by atoms with Gasteiger partial charge in [0, 0.05) is 31.7 Å². The highest BCUT2D eigenvalue weighted by atomic mass is 16.5. The summed E-state index contributed by atoms with van der Waals surface area (Å²) in [6.45, 7) is 3.89. The summed E-state index contributed by atoms with van der Waals surface area (Å²) in [6.07, 6.45) is 4.11. The minimum atomic E-state index is 0.102. The highest BCUT2D eigenvalue weighted by Crippen LogP contribution is 2.37. The molecule has 2 aromatic carbocycles. The second-order valence-corrected chi connectivity index (χ2v) is 9.17. The zero-order valence-corrected chi connectivity index (χ0v) is 19.4. The molecule has 1 saturated carbocycles. The first-order chi connectivity index (χ1) is 16.1. The van der Waals surface area contributed by atoms with E-state index in [1.165, 1.54) is 0 Å². The lowest BCUT2D eigenvalue weighted by molar-refractivity contribution is -0.134. The van der Waals surface area contributed by atoms with Crippen LogP contribution in [0, 0.1) is 12.8 Å². The molecule has 3 aromatic rings. The number of aromatic nitrogens is 2. The maximum absolute atomic E-state index is 13.3. The first-order valence-electron chi connectivity index (χ1n) is 11.8. The Balaban J connectivity index is 1.52. The van der Waals surface area contributed by atoms with Crippen LogP contribution in [0.25, 0.3) is 11.3 Å². The summed E-state index contributed by atoms with van der Waals surface area (Å²) in [4.78, 5) is 15.2. The van der Waals surface area contributed by atoms with Gasteiger partial charge in [0.1, 0.15) is 11.4 Å². The molecule has 0 radical (unpaired) electrons. The van der Waals surface area contributed by atoms with E-state index < -0.39 is 0 Å². The molecule has 1 aliphatic heterocycles. The molecule has 0 spiro atoms. The van der Waals surface area contributed by atoms with Gasteiger partial charge in [-0.1, -0.05) is 42.5 Å². The van der Waals surface area contributed by atoms with E-state index in [-0.39, 0.29) is 17.9 Å². The van der Waals surface area contributed by atoms with E-state index in [4.69, 9.17) is 14.6 Å². The van der Waals surface area contributed by atoms with Gasteiger partial charge in [0.05, 0.1) is 18.2 Å². The van der Waals surface area contributed by atoms with Gasteiger partial charge >= 0.3 is 0 Å². The van der Waals surface area contributed by atoms with Crippen LogP contribution in [-0.2, 0) is 23.1 Å². The lowest BCUT2D eigenvalue weighted by atomic mass is 10.1. The van der Waals surface area contributed by atoms with Crippen LogP contribution in [0.1, 0.15) is 36.8 Å². The molecule has 0 unspecified atom stereocenters. The third-order valence-corrected chi connectivity index (χ3v) is 6.37. The molecule has 1 aliphatic carbocycles. The molecule has 33 heavy (non-hydrogen) atoms. The Morgan fingerprint density at radius 2 is 1.97 bits per heavy atom. The molecule has 6 nitrogen and oxygen atoms in total. The van der Waals surface area contributed by atoms with E-state index in [0.29, 0.717) is 19.0 Å². The molecule has 1 aromatic heterocycles. The van der Waals surface area contributed by atoms with Gasteiger partial charge in [-0.05, 0) is 50.3 Å². The minimum absolute atomic E-state index is 0.102. The van der Waals surface area contributed by atoms with Crippen molar-refractivity contribution in [2.45, 2.75) is 45.3 Å². The maximum Gasteiger partial charge on any atom is 0.226 e. The van der Waals surface area contributed by atoms with Gasteiger partial charge in [-0.25, -0.2) is 4.68 Å². The van der Waals surface area contributed by atoms with Crippen LogP contribution in [0.15, 0.2) is 54.6 Å². The van der Waals surface area contributed by atoms with Crippen LogP contribution in [0.5, 0.6) is 11.6 Å². The lowest BCUT2D eigenvalue weighted by Gasteiger charge is -2.26. The highest BCUT2D eigenvalue weighted by molar-refractivity contribution is 5.81. The molecular weight excluding hydrogens is 414 g/mol. The number of nitrogens with zero attached hydrogens (tertiary/aromatic N) is 3. The summed E-state index contributed by atoms with van der Waals surface area (Å²) in [5.41, 5.74) is 3.92. The standard InChI is InChI=1S/C27H31N3O3/c1-19-8-6-11-22(16-19)33-27-24(25(28-29(27)2)20-9-4-3-5-10-20)18-30(26(31)21-13-14-21)17-23-12-7-15-32-23/h3-6,8-11,16,21,23H,7,12-15,17-18H2,1-2H3/t23-/m0/s1. The number of hydrogen-bond donors (Lipinski definition) is 0. The lowest BCUT2D eigenvalue weighted by Crippen LogP contribution is -2.38. The zero-order valence-electron chi connectivity index (χ0n) is 19.4. The SMILES string of the molecule is Cc1cccc(Oc2c(CN(C[C@@H]3CCCO3)C(=O)C3CC3)c(-c3ccccc3)nn2C)c1. The predicted octanol–water partition coefficient (Wildman–Crippen LogP) is 5.11. The van der Waals surface area contributed by atoms with Crippen LogP contribution in [0.2, 0.25) is 0 Å². The molecule has 1 atom stereocenters. The van der Waals surface area contributed by atoms with E-state index in [2.05, 4.69) is 12.1 Å². The van der Waals surface area contributed by atoms with Crippen molar-refractivity contribution < 1.29 is 14.3 Å². The first-order valence-corrected chi connectivity index (χ1v) is 11.8. The van der Waals surface area contributed by atoms with Crippen molar-refractivity contribution in [3.63, 3.8) is 0 Å². The van der Waals surface area contributed by atoms with Crippen molar-refractivity contribution in [3.05, 3.63) is 65.7 Å². The highest BCUT2D eigenvalue weighted by Gasteiger charge is 2.36. The van der Waals surface area contributed by atoms with Crippen molar-refractivity contribution in [2.24, 2.45) is 13.0 Å². The van der Waals surface area contributed by atoms with Crippen LogP contribution in [0.3, 0.4) is 0 Å². The summed E-state index contributed by atoms with van der Waals surface area (Å²) in [6, 6.07) is 18.1. The summed E-state index contributed by atoms with van der Waals surface area (Å²) in [5, 5.41) is 4.83. The number of carbonyl (C=O) groups is 1. The summed E-state index contributed by atoms with van der Waals surface area (Å²) < 4.78 is 14.0. The first kappa shape index (κ1) is 21.7. The van der Waals surface area contributed by atoms with Gasteiger partial charge in [-0.15, -0.1) is 0 Å². The number of benzene rings is 2. The van der Waals surface area contributed by atoms with E-state index >= 15 is 0 Å². The smallest absolute Gasteiger partial charge is 0.226 e. The number of ether oxygens (including phenoxy) is 2. The van der Waals surface area contributed by atoms with Crippen molar-refractivity contribution in [2.75, 3.05) is 13.2 Å². The van der Waals surface area contributed by atoms with Crippen molar-refractivity contribution in [3.8, 4) is 22.9 Å². The Kier molecular flexibility index (Phi) is 6.18. The van der Waals surface area contributed by atoms with Gasteiger partial charge in [0.15, 0.2) is 0 Å². The van der Waals surface area contributed by atoms with Crippen molar-refractivity contribution >= 4 is 5.91 Å². The Morgan fingerprint density at radius 3 is 2.67 bits per heavy atom. The van der Waals surface area contributed by atoms with Gasteiger partial charge < -0.3 is 14.4 Å².